The molecule has 1 aromatic carbocycles. The maximum absolute atomic E-state index is 11.9. The highest BCUT2D eigenvalue weighted by molar-refractivity contribution is 5.75. The van der Waals surface area contributed by atoms with Crippen LogP contribution >= 0.6 is 0 Å². The van der Waals surface area contributed by atoms with E-state index in [2.05, 4.69) is 0 Å². The Morgan fingerprint density at radius 3 is 2.68 bits per heavy atom. The minimum Gasteiger partial charge on any atom is -0.497 e. The lowest BCUT2D eigenvalue weighted by Gasteiger charge is -2.13. The number of esters is 1. The fourth-order valence-electron chi connectivity index (χ4n) is 1.86. The average Bonchev–Trinajstić information content (AvgIpc) is 3.15. The van der Waals surface area contributed by atoms with Crippen LogP contribution in [-0.2, 0) is 9.53 Å². The van der Waals surface area contributed by atoms with Crippen LogP contribution in [0.4, 0.5) is 0 Å². The highest BCUT2D eigenvalue weighted by Crippen LogP contribution is 2.44. The summed E-state index contributed by atoms with van der Waals surface area (Å²) in [5.74, 6) is 0.996. The molecule has 3 atom stereocenters. The van der Waals surface area contributed by atoms with E-state index in [1.807, 2.05) is 26.8 Å². The number of ether oxygens (including phenoxy) is 3. The zero-order chi connectivity index (χ0) is 14.0. The number of benzene rings is 1. The highest BCUT2D eigenvalue weighted by Gasteiger charge is 2.38. The molecule has 0 aliphatic carbocycles. The molecule has 2 rings (SSSR count). The van der Waals surface area contributed by atoms with Gasteiger partial charge in [-0.25, -0.2) is 0 Å². The first-order chi connectivity index (χ1) is 9.06. The van der Waals surface area contributed by atoms with Crippen molar-refractivity contribution in [2.75, 3.05) is 7.11 Å². The molecule has 0 spiro atoms. The van der Waals surface area contributed by atoms with E-state index in [9.17, 15) is 4.79 Å². The smallest absolute Gasteiger partial charge is 0.314 e. The fraction of sp³-hybridized carbons (Fsp3) is 0.533. The van der Waals surface area contributed by atoms with Gasteiger partial charge in [-0.3, -0.25) is 4.79 Å². The summed E-state index contributed by atoms with van der Waals surface area (Å²) >= 11 is 0. The Hall–Kier alpha value is -1.55. The summed E-state index contributed by atoms with van der Waals surface area (Å²) < 4.78 is 16.1. The summed E-state index contributed by atoms with van der Waals surface area (Å²) in [6.45, 7) is 5.82. The van der Waals surface area contributed by atoms with Crippen molar-refractivity contribution in [1.29, 1.82) is 0 Å². The van der Waals surface area contributed by atoms with E-state index in [0.717, 1.165) is 17.7 Å². The number of carbonyl (C=O) groups excluding carboxylic acids is 1. The molecule has 19 heavy (non-hydrogen) atoms. The van der Waals surface area contributed by atoms with E-state index in [0.29, 0.717) is 5.75 Å². The van der Waals surface area contributed by atoms with E-state index in [4.69, 9.17) is 14.2 Å². The Morgan fingerprint density at radius 2 is 2.16 bits per heavy atom. The molecule has 1 heterocycles. The maximum Gasteiger partial charge on any atom is 0.314 e. The fourth-order valence-corrected chi connectivity index (χ4v) is 1.86. The largest absolute Gasteiger partial charge is 0.497 e. The van der Waals surface area contributed by atoms with Crippen molar-refractivity contribution in [1.82, 2.24) is 0 Å². The number of methoxy groups -OCH3 is 1. The summed E-state index contributed by atoms with van der Waals surface area (Å²) in [7, 11) is 1.61. The predicted molar refractivity (Wildman–Crippen MR) is 71.4 cm³/mol. The van der Waals surface area contributed by atoms with Crippen LogP contribution in [-0.4, -0.2) is 19.2 Å². The number of hydrogen-bond donors (Lipinski definition) is 0. The number of rotatable bonds is 5. The lowest BCUT2D eigenvalue weighted by atomic mass is 10.1. The van der Waals surface area contributed by atoms with Crippen LogP contribution in [0.25, 0.3) is 0 Å². The van der Waals surface area contributed by atoms with E-state index in [-0.39, 0.29) is 24.1 Å². The molecule has 1 unspecified atom stereocenters. The standard InChI is InChI=1S/C15H20O4/c1-5-9(2)15(16)19-13-7-6-11(17-4)8-12(13)14-10(3)18-14/h6-10,14H,5H2,1-4H3/t9?,10-,14-/m1/s1. The first-order valence-electron chi connectivity index (χ1n) is 6.61. The topological polar surface area (TPSA) is 48.1 Å². The molecule has 0 bridgehead atoms. The lowest BCUT2D eigenvalue weighted by molar-refractivity contribution is -0.138. The van der Waals surface area contributed by atoms with Gasteiger partial charge in [0, 0.05) is 5.56 Å². The van der Waals surface area contributed by atoms with Gasteiger partial charge < -0.3 is 14.2 Å². The average molecular weight is 264 g/mol. The Kier molecular flexibility index (Phi) is 4.10. The first-order valence-corrected chi connectivity index (χ1v) is 6.61. The highest BCUT2D eigenvalue weighted by atomic mass is 16.6. The molecule has 0 saturated carbocycles. The molecule has 4 nitrogen and oxygen atoms in total. The van der Waals surface area contributed by atoms with Gasteiger partial charge in [0.05, 0.1) is 19.1 Å². The molecule has 0 radical (unpaired) electrons. The minimum atomic E-state index is -0.206. The summed E-state index contributed by atoms with van der Waals surface area (Å²) in [5, 5.41) is 0. The molecule has 0 aromatic heterocycles. The minimum absolute atomic E-state index is 0.00478. The molecule has 104 valence electrons. The van der Waals surface area contributed by atoms with E-state index in [1.165, 1.54) is 0 Å². The third-order valence-electron chi connectivity index (χ3n) is 3.46. The molecule has 1 aromatic rings. The molecule has 1 saturated heterocycles. The number of epoxide rings is 1. The molecular weight excluding hydrogens is 244 g/mol. The summed E-state index contributed by atoms with van der Waals surface area (Å²) in [6.07, 6.45) is 0.920. The van der Waals surface area contributed by atoms with Crippen molar-refractivity contribution in [2.24, 2.45) is 5.92 Å². The van der Waals surface area contributed by atoms with Crippen molar-refractivity contribution in [3.05, 3.63) is 23.8 Å². The van der Waals surface area contributed by atoms with Crippen LogP contribution in [0.15, 0.2) is 18.2 Å². The second-order valence-corrected chi connectivity index (χ2v) is 4.90. The van der Waals surface area contributed by atoms with Crippen LogP contribution < -0.4 is 9.47 Å². The van der Waals surface area contributed by atoms with Crippen LogP contribution in [0.1, 0.15) is 38.9 Å². The normalized spacial score (nSPS) is 22.7. The van der Waals surface area contributed by atoms with E-state index >= 15 is 0 Å². The summed E-state index contributed by atoms with van der Waals surface area (Å²) in [5.41, 5.74) is 0.878. The Morgan fingerprint density at radius 1 is 1.47 bits per heavy atom. The van der Waals surface area contributed by atoms with Crippen molar-refractivity contribution >= 4 is 5.97 Å². The van der Waals surface area contributed by atoms with Gasteiger partial charge in [0.25, 0.3) is 0 Å². The van der Waals surface area contributed by atoms with Crippen molar-refractivity contribution < 1.29 is 19.0 Å². The molecule has 0 N–H and O–H groups in total. The second-order valence-electron chi connectivity index (χ2n) is 4.90. The van der Waals surface area contributed by atoms with Crippen LogP contribution in [0.5, 0.6) is 11.5 Å². The van der Waals surface area contributed by atoms with Crippen molar-refractivity contribution in [2.45, 2.75) is 39.4 Å². The molecule has 1 aliphatic rings. The lowest BCUT2D eigenvalue weighted by Crippen LogP contribution is -2.17. The number of carbonyl (C=O) groups is 1. The Balaban J connectivity index is 2.22. The van der Waals surface area contributed by atoms with Crippen molar-refractivity contribution in [3.63, 3.8) is 0 Å². The zero-order valence-corrected chi connectivity index (χ0v) is 11.8. The van der Waals surface area contributed by atoms with Gasteiger partial charge in [0.2, 0.25) is 0 Å². The summed E-state index contributed by atoms with van der Waals surface area (Å²) in [4.78, 5) is 11.9. The first kappa shape index (κ1) is 13.9. The second kappa shape index (κ2) is 5.61. The Bertz CT molecular complexity index is 469. The van der Waals surface area contributed by atoms with Crippen LogP contribution in [0.2, 0.25) is 0 Å². The van der Waals surface area contributed by atoms with Gasteiger partial charge in [-0.1, -0.05) is 13.8 Å². The van der Waals surface area contributed by atoms with Crippen LogP contribution in [0.3, 0.4) is 0 Å². The summed E-state index contributed by atoms with van der Waals surface area (Å²) in [6, 6.07) is 5.42. The third-order valence-corrected chi connectivity index (χ3v) is 3.46. The van der Waals surface area contributed by atoms with Gasteiger partial charge in [0.15, 0.2) is 0 Å². The molecule has 1 fully saturated rings. The third kappa shape index (κ3) is 3.07. The van der Waals surface area contributed by atoms with E-state index < -0.39 is 0 Å². The zero-order valence-electron chi connectivity index (χ0n) is 11.8. The predicted octanol–water partition coefficient (Wildman–Crippen LogP) is 3.11. The monoisotopic (exact) mass is 264 g/mol. The van der Waals surface area contributed by atoms with Crippen molar-refractivity contribution in [3.8, 4) is 11.5 Å². The van der Waals surface area contributed by atoms with Gasteiger partial charge in [-0.05, 0) is 31.5 Å². The maximum atomic E-state index is 11.9. The SMILES string of the molecule is CCC(C)C(=O)Oc1ccc(OC)cc1[C@@H]1O[C@@H]1C. The number of hydrogen-bond acceptors (Lipinski definition) is 4. The molecule has 4 heteroatoms. The van der Waals surface area contributed by atoms with Gasteiger partial charge >= 0.3 is 5.97 Å². The van der Waals surface area contributed by atoms with Crippen LogP contribution in [0, 0.1) is 5.92 Å². The molecule has 1 aliphatic heterocycles. The quantitative estimate of drug-likeness (QED) is 0.466. The van der Waals surface area contributed by atoms with E-state index in [1.54, 1.807) is 19.2 Å². The van der Waals surface area contributed by atoms with Gasteiger partial charge in [-0.15, -0.1) is 0 Å². The van der Waals surface area contributed by atoms with Gasteiger partial charge in [0.1, 0.15) is 17.6 Å². The van der Waals surface area contributed by atoms with Gasteiger partial charge in [-0.2, -0.15) is 0 Å². The Labute approximate surface area is 113 Å². The molecular formula is C15H20O4. The molecule has 0 amide bonds.